The largest absolute Gasteiger partial charge is 0.378 e. The number of hydrogen-bond donors (Lipinski definition) is 0. The Morgan fingerprint density at radius 3 is 2.20 bits per heavy atom. The van der Waals surface area contributed by atoms with E-state index in [1.807, 2.05) is 0 Å². The van der Waals surface area contributed by atoms with Crippen LogP contribution in [0.3, 0.4) is 0 Å². The maximum absolute atomic E-state index is 5.27. The predicted molar refractivity (Wildman–Crippen MR) is 79.1 cm³/mol. The van der Waals surface area contributed by atoms with Crippen molar-refractivity contribution in [1.82, 2.24) is 15.1 Å². The fraction of sp³-hybridized carbons (Fsp3) is 0.733. The van der Waals surface area contributed by atoms with Crippen LogP contribution in [0.5, 0.6) is 0 Å². The molecule has 1 aromatic rings. The van der Waals surface area contributed by atoms with E-state index in [2.05, 4.69) is 52.9 Å². The van der Waals surface area contributed by atoms with E-state index in [0.29, 0.717) is 6.04 Å². The van der Waals surface area contributed by atoms with Crippen LogP contribution in [0.4, 0.5) is 5.82 Å². The van der Waals surface area contributed by atoms with E-state index in [1.54, 1.807) is 0 Å². The highest BCUT2D eigenvalue weighted by molar-refractivity contribution is 5.38. The molecule has 2 aliphatic rings. The molecular weight excluding hydrogens is 252 g/mol. The Labute approximate surface area is 120 Å². The number of anilines is 1. The molecule has 0 radical (unpaired) electrons. The standard InChI is InChI=1S/C15H24N4O/c1-15(2,3)13-4-5-14(17-16-13)19-8-6-18(7-9-19)12-10-20-11-12/h4-5,12H,6-11H2,1-3H3. The molecule has 5 heteroatoms. The third-order valence-corrected chi connectivity index (χ3v) is 4.19. The molecule has 0 atom stereocenters. The molecule has 1 aromatic heterocycles. The van der Waals surface area contributed by atoms with Gasteiger partial charge in [0.25, 0.3) is 0 Å². The highest BCUT2D eigenvalue weighted by atomic mass is 16.5. The third kappa shape index (κ3) is 2.79. The molecule has 2 fully saturated rings. The average molecular weight is 276 g/mol. The van der Waals surface area contributed by atoms with Gasteiger partial charge in [0.2, 0.25) is 0 Å². The third-order valence-electron chi connectivity index (χ3n) is 4.19. The van der Waals surface area contributed by atoms with Crippen molar-refractivity contribution in [2.24, 2.45) is 0 Å². The van der Waals surface area contributed by atoms with Crippen molar-refractivity contribution >= 4 is 5.82 Å². The van der Waals surface area contributed by atoms with Gasteiger partial charge in [-0.2, -0.15) is 5.10 Å². The molecule has 5 nitrogen and oxygen atoms in total. The first-order valence-electron chi connectivity index (χ1n) is 7.45. The number of aromatic nitrogens is 2. The summed E-state index contributed by atoms with van der Waals surface area (Å²) in [5, 5.41) is 8.79. The van der Waals surface area contributed by atoms with Crippen LogP contribution in [0.25, 0.3) is 0 Å². The van der Waals surface area contributed by atoms with Crippen molar-refractivity contribution in [1.29, 1.82) is 0 Å². The summed E-state index contributed by atoms with van der Waals surface area (Å²) in [4.78, 5) is 4.85. The summed E-state index contributed by atoms with van der Waals surface area (Å²) in [7, 11) is 0. The van der Waals surface area contributed by atoms with E-state index in [4.69, 9.17) is 4.74 Å². The van der Waals surface area contributed by atoms with Gasteiger partial charge in [-0.05, 0) is 12.1 Å². The molecule has 0 amide bonds. The quantitative estimate of drug-likeness (QED) is 0.814. The molecule has 0 N–H and O–H groups in total. The molecule has 2 aliphatic heterocycles. The molecule has 2 saturated heterocycles. The molecule has 3 heterocycles. The van der Waals surface area contributed by atoms with Crippen LogP contribution in [0.2, 0.25) is 0 Å². The Morgan fingerprint density at radius 1 is 1.05 bits per heavy atom. The zero-order chi connectivity index (χ0) is 14.2. The van der Waals surface area contributed by atoms with Crippen LogP contribution in [-0.4, -0.2) is 60.5 Å². The minimum Gasteiger partial charge on any atom is -0.378 e. The Balaban J connectivity index is 1.60. The van der Waals surface area contributed by atoms with Gasteiger partial charge in [-0.25, -0.2) is 0 Å². The first-order valence-corrected chi connectivity index (χ1v) is 7.45. The topological polar surface area (TPSA) is 41.5 Å². The molecular formula is C15H24N4O. The van der Waals surface area contributed by atoms with Crippen molar-refractivity contribution < 1.29 is 4.74 Å². The van der Waals surface area contributed by atoms with Gasteiger partial charge in [0, 0.05) is 31.6 Å². The monoisotopic (exact) mass is 276 g/mol. The smallest absolute Gasteiger partial charge is 0.151 e. The Bertz CT molecular complexity index is 442. The summed E-state index contributed by atoms with van der Waals surface area (Å²) in [5.74, 6) is 1.00. The fourth-order valence-electron chi connectivity index (χ4n) is 2.64. The van der Waals surface area contributed by atoms with Crippen molar-refractivity contribution in [3.05, 3.63) is 17.8 Å². The Morgan fingerprint density at radius 2 is 1.75 bits per heavy atom. The van der Waals surface area contributed by atoms with E-state index >= 15 is 0 Å². The van der Waals surface area contributed by atoms with Gasteiger partial charge in [0.05, 0.1) is 24.9 Å². The predicted octanol–water partition coefficient (Wildman–Crippen LogP) is 1.29. The molecule has 0 aliphatic carbocycles. The van der Waals surface area contributed by atoms with Gasteiger partial charge >= 0.3 is 0 Å². The lowest BCUT2D eigenvalue weighted by molar-refractivity contribution is -0.0661. The maximum Gasteiger partial charge on any atom is 0.151 e. The number of piperazine rings is 1. The second-order valence-electron chi connectivity index (χ2n) is 6.74. The van der Waals surface area contributed by atoms with Gasteiger partial charge < -0.3 is 9.64 Å². The summed E-state index contributed by atoms with van der Waals surface area (Å²) < 4.78 is 5.27. The van der Waals surface area contributed by atoms with Crippen LogP contribution in [-0.2, 0) is 10.2 Å². The highest BCUT2D eigenvalue weighted by Gasteiger charge is 2.29. The summed E-state index contributed by atoms with van der Waals surface area (Å²) in [6, 6.07) is 4.86. The molecule has 110 valence electrons. The van der Waals surface area contributed by atoms with E-state index in [9.17, 15) is 0 Å². The van der Waals surface area contributed by atoms with E-state index in [-0.39, 0.29) is 5.41 Å². The van der Waals surface area contributed by atoms with Gasteiger partial charge in [-0.1, -0.05) is 20.8 Å². The second kappa shape index (κ2) is 5.30. The van der Waals surface area contributed by atoms with Crippen molar-refractivity contribution in [2.75, 3.05) is 44.3 Å². The van der Waals surface area contributed by atoms with Crippen LogP contribution in [0.15, 0.2) is 12.1 Å². The van der Waals surface area contributed by atoms with Crippen molar-refractivity contribution in [3.8, 4) is 0 Å². The summed E-state index contributed by atoms with van der Waals surface area (Å²) >= 11 is 0. The van der Waals surface area contributed by atoms with E-state index in [1.165, 1.54) is 0 Å². The molecule has 0 spiro atoms. The van der Waals surface area contributed by atoms with Crippen LogP contribution >= 0.6 is 0 Å². The van der Waals surface area contributed by atoms with E-state index < -0.39 is 0 Å². The van der Waals surface area contributed by atoms with Crippen LogP contribution in [0.1, 0.15) is 26.5 Å². The minimum atomic E-state index is 0.0639. The highest BCUT2D eigenvalue weighted by Crippen LogP contribution is 2.22. The minimum absolute atomic E-state index is 0.0639. The number of nitrogens with zero attached hydrogens (tertiary/aromatic N) is 4. The zero-order valence-corrected chi connectivity index (χ0v) is 12.7. The first-order chi connectivity index (χ1) is 9.54. The summed E-state index contributed by atoms with van der Waals surface area (Å²) in [6.45, 7) is 12.5. The molecule has 3 rings (SSSR count). The fourth-order valence-corrected chi connectivity index (χ4v) is 2.64. The second-order valence-corrected chi connectivity index (χ2v) is 6.74. The van der Waals surface area contributed by atoms with Gasteiger partial charge in [0.15, 0.2) is 5.82 Å². The van der Waals surface area contributed by atoms with Gasteiger partial charge in [-0.3, -0.25) is 4.90 Å². The lowest BCUT2D eigenvalue weighted by atomic mass is 9.92. The number of ether oxygens (including phenoxy) is 1. The maximum atomic E-state index is 5.27. The van der Waals surface area contributed by atoms with Gasteiger partial charge in [-0.15, -0.1) is 5.10 Å². The van der Waals surface area contributed by atoms with Gasteiger partial charge in [0.1, 0.15) is 0 Å². The lowest BCUT2D eigenvalue weighted by Gasteiger charge is -2.42. The normalized spacial score (nSPS) is 21.9. The van der Waals surface area contributed by atoms with Crippen LogP contribution < -0.4 is 4.90 Å². The SMILES string of the molecule is CC(C)(C)c1ccc(N2CCN(C3COC3)CC2)nn1. The molecule has 0 bridgehead atoms. The summed E-state index contributed by atoms with van der Waals surface area (Å²) in [6.07, 6.45) is 0. The molecule has 20 heavy (non-hydrogen) atoms. The Kier molecular flexibility index (Phi) is 3.65. The molecule has 0 aromatic carbocycles. The number of hydrogen-bond acceptors (Lipinski definition) is 5. The number of rotatable bonds is 2. The van der Waals surface area contributed by atoms with Crippen LogP contribution in [0, 0.1) is 0 Å². The molecule has 0 unspecified atom stereocenters. The lowest BCUT2D eigenvalue weighted by Crippen LogP contribution is -2.56. The van der Waals surface area contributed by atoms with Crippen molar-refractivity contribution in [3.63, 3.8) is 0 Å². The molecule has 0 saturated carbocycles. The first kappa shape index (κ1) is 13.8. The average Bonchev–Trinajstić information content (AvgIpc) is 2.37. The summed E-state index contributed by atoms with van der Waals surface area (Å²) in [5.41, 5.74) is 1.11. The zero-order valence-electron chi connectivity index (χ0n) is 12.7. The Hall–Kier alpha value is -1.20. The van der Waals surface area contributed by atoms with Crippen molar-refractivity contribution in [2.45, 2.75) is 32.2 Å². The van der Waals surface area contributed by atoms with E-state index in [0.717, 1.165) is 50.9 Å².